The number of carbonyl (C=O) groups is 1. The highest BCUT2D eigenvalue weighted by Crippen LogP contribution is 2.47. The molecule has 4 nitrogen and oxygen atoms in total. The van der Waals surface area contributed by atoms with Crippen LogP contribution in [0, 0.1) is 11.3 Å². The van der Waals surface area contributed by atoms with Crippen LogP contribution in [0.3, 0.4) is 0 Å². The molecule has 0 aliphatic heterocycles. The summed E-state index contributed by atoms with van der Waals surface area (Å²) in [6.07, 6.45) is 6.05. The van der Waals surface area contributed by atoms with E-state index in [-0.39, 0.29) is 30.3 Å². The number of carbonyl (C=O) groups excluding carboxylic acids is 1. The highest BCUT2D eigenvalue weighted by atomic mass is 16.7. The van der Waals surface area contributed by atoms with Gasteiger partial charge in [-0.25, -0.2) is 0 Å². The molecule has 1 aliphatic rings. The maximum Gasteiger partial charge on any atom is 0.314 e. The molecular weight excluding hydrogens is 364 g/mol. The first-order valence-electron chi connectivity index (χ1n) is 10.5. The molecule has 0 spiro atoms. The van der Waals surface area contributed by atoms with Crippen molar-refractivity contribution in [2.45, 2.75) is 73.1 Å². The monoisotopic (exact) mass is 400 g/mol. The number of benzene rings is 1. The lowest BCUT2D eigenvalue weighted by atomic mass is 9.73. The molecule has 1 aromatic rings. The number of aryl methyl sites for hydroxylation is 1. The largest absolute Gasteiger partial charge is 0.507 e. The molecule has 0 amide bonds. The zero-order chi connectivity index (χ0) is 21.8. The quantitative estimate of drug-likeness (QED) is 0.332. The molecule has 0 bridgehead atoms. The Hall–Kier alpha value is -2.23. The van der Waals surface area contributed by atoms with Crippen molar-refractivity contribution in [3.05, 3.63) is 47.1 Å². The Kier molecular flexibility index (Phi) is 7.56. The fourth-order valence-corrected chi connectivity index (χ4v) is 3.82. The summed E-state index contributed by atoms with van der Waals surface area (Å²) in [5.74, 6) is 0.722. The lowest BCUT2D eigenvalue weighted by molar-refractivity contribution is -0.159. The van der Waals surface area contributed by atoms with E-state index < -0.39 is 5.41 Å². The molecule has 2 atom stereocenters. The van der Waals surface area contributed by atoms with Gasteiger partial charge in [-0.2, -0.15) is 0 Å². The van der Waals surface area contributed by atoms with Gasteiger partial charge in [0.2, 0.25) is 6.79 Å². The molecule has 0 saturated heterocycles. The van der Waals surface area contributed by atoms with E-state index in [0.29, 0.717) is 5.75 Å². The molecule has 160 valence electrons. The first-order chi connectivity index (χ1) is 13.5. The van der Waals surface area contributed by atoms with Gasteiger partial charge in [-0.15, -0.1) is 0 Å². The summed E-state index contributed by atoms with van der Waals surface area (Å²) in [5.41, 5.74) is 3.57. The maximum absolute atomic E-state index is 12.1. The number of rotatable bonds is 7. The third kappa shape index (κ3) is 5.88. The van der Waals surface area contributed by atoms with Crippen LogP contribution in [0.4, 0.5) is 0 Å². The van der Waals surface area contributed by atoms with Gasteiger partial charge in [0.1, 0.15) is 11.5 Å². The molecule has 2 unspecified atom stereocenters. The van der Waals surface area contributed by atoms with Crippen molar-refractivity contribution in [2.24, 2.45) is 11.3 Å². The fraction of sp³-hybridized carbons (Fsp3) is 0.560. The highest BCUT2D eigenvalue weighted by molar-refractivity contribution is 5.75. The van der Waals surface area contributed by atoms with Gasteiger partial charge in [-0.3, -0.25) is 4.79 Å². The average molecular weight is 401 g/mol. The standard InChI is InChI=1S/C25H36O4/c1-8-9-18-13-21(26)23(20-12-17(4)10-11-19(20)16(2)3)22(14-18)28-15-29-24(27)25(5,6)7/h12-14,19-20,26H,2,8-11,15H2,1,3-7H3. The average Bonchev–Trinajstić information content (AvgIpc) is 2.60. The molecule has 1 aromatic carbocycles. The third-order valence-corrected chi connectivity index (χ3v) is 5.45. The van der Waals surface area contributed by atoms with Crippen LogP contribution in [-0.2, 0) is 16.0 Å². The summed E-state index contributed by atoms with van der Waals surface area (Å²) in [4.78, 5) is 12.1. The molecule has 2 rings (SSSR count). The maximum atomic E-state index is 12.1. The Bertz CT molecular complexity index is 783. The summed E-state index contributed by atoms with van der Waals surface area (Å²) >= 11 is 0. The number of aromatic hydroxyl groups is 1. The van der Waals surface area contributed by atoms with E-state index in [2.05, 4.69) is 26.5 Å². The molecule has 29 heavy (non-hydrogen) atoms. The van der Waals surface area contributed by atoms with Crippen LogP contribution in [0.25, 0.3) is 0 Å². The second-order valence-electron chi connectivity index (χ2n) is 9.25. The van der Waals surface area contributed by atoms with Crippen molar-refractivity contribution < 1.29 is 19.4 Å². The summed E-state index contributed by atoms with van der Waals surface area (Å²) in [5, 5.41) is 10.9. The first kappa shape index (κ1) is 23.1. The van der Waals surface area contributed by atoms with E-state index in [0.717, 1.165) is 42.4 Å². The predicted molar refractivity (Wildman–Crippen MR) is 117 cm³/mol. The fourth-order valence-electron chi connectivity index (χ4n) is 3.82. The van der Waals surface area contributed by atoms with Crippen molar-refractivity contribution in [1.82, 2.24) is 0 Å². The number of hydrogen-bond acceptors (Lipinski definition) is 4. The van der Waals surface area contributed by atoms with Gasteiger partial charge >= 0.3 is 5.97 Å². The topological polar surface area (TPSA) is 55.8 Å². The zero-order valence-corrected chi connectivity index (χ0v) is 18.8. The number of ether oxygens (including phenoxy) is 2. The summed E-state index contributed by atoms with van der Waals surface area (Å²) in [6.45, 7) is 15.7. The zero-order valence-electron chi connectivity index (χ0n) is 18.8. The second-order valence-corrected chi connectivity index (χ2v) is 9.25. The van der Waals surface area contributed by atoms with Gasteiger partial charge in [-0.1, -0.05) is 37.1 Å². The van der Waals surface area contributed by atoms with Gasteiger partial charge in [0.25, 0.3) is 0 Å². The first-order valence-corrected chi connectivity index (χ1v) is 10.5. The summed E-state index contributed by atoms with van der Waals surface area (Å²) in [7, 11) is 0. The molecule has 1 N–H and O–H groups in total. The molecule has 0 aromatic heterocycles. The minimum absolute atomic E-state index is 0.00903. The van der Waals surface area contributed by atoms with E-state index in [1.165, 1.54) is 5.57 Å². The molecule has 0 fully saturated rings. The number of phenolic OH excluding ortho intramolecular Hbond substituents is 1. The minimum atomic E-state index is -0.591. The third-order valence-electron chi connectivity index (χ3n) is 5.45. The van der Waals surface area contributed by atoms with E-state index in [9.17, 15) is 9.90 Å². The van der Waals surface area contributed by atoms with E-state index in [4.69, 9.17) is 9.47 Å². The number of allylic oxidation sites excluding steroid dienone is 3. The highest BCUT2D eigenvalue weighted by Gasteiger charge is 2.31. The Labute approximate surface area is 175 Å². The van der Waals surface area contributed by atoms with Crippen LogP contribution in [-0.4, -0.2) is 17.9 Å². The Morgan fingerprint density at radius 2 is 2.00 bits per heavy atom. The van der Waals surface area contributed by atoms with E-state index in [1.807, 2.05) is 39.8 Å². The van der Waals surface area contributed by atoms with Gasteiger partial charge in [0, 0.05) is 11.5 Å². The smallest absolute Gasteiger partial charge is 0.314 e. The molecule has 0 heterocycles. The predicted octanol–water partition coefficient (Wildman–Crippen LogP) is 6.29. The van der Waals surface area contributed by atoms with Crippen LogP contribution in [0.2, 0.25) is 0 Å². The van der Waals surface area contributed by atoms with Gasteiger partial charge in [0.15, 0.2) is 0 Å². The second kappa shape index (κ2) is 9.51. The minimum Gasteiger partial charge on any atom is -0.507 e. The van der Waals surface area contributed by atoms with Gasteiger partial charge in [-0.05, 0) is 77.5 Å². The van der Waals surface area contributed by atoms with Crippen molar-refractivity contribution in [3.63, 3.8) is 0 Å². The van der Waals surface area contributed by atoms with Crippen LogP contribution >= 0.6 is 0 Å². The van der Waals surface area contributed by atoms with Crippen LogP contribution in [0.1, 0.15) is 77.8 Å². The SMILES string of the molecule is C=C(C)C1CCC(C)=CC1c1c(O)cc(CCC)cc1OCOC(=O)C(C)(C)C. The molecule has 0 saturated carbocycles. The number of phenols is 1. The van der Waals surface area contributed by atoms with E-state index in [1.54, 1.807) is 0 Å². The van der Waals surface area contributed by atoms with Crippen molar-refractivity contribution in [2.75, 3.05) is 6.79 Å². The summed E-state index contributed by atoms with van der Waals surface area (Å²) < 4.78 is 11.2. The Morgan fingerprint density at radius 3 is 2.59 bits per heavy atom. The number of esters is 1. The number of hydrogen-bond donors (Lipinski definition) is 1. The Morgan fingerprint density at radius 1 is 1.31 bits per heavy atom. The van der Waals surface area contributed by atoms with Crippen LogP contribution in [0.5, 0.6) is 11.5 Å². The molecule has 0 radical (unpaired) electrons. The van der Waals surface area contributed by atoms with Crippen molar-refractivity contribution in [3.8, 4) is 11.5 Å². The van der Waals surface area contributed by atoms with E-state index >= 15 is 0 Å². The Balaban J connectivity index is 2.40. The van der Waals surface area contributed by atoms with Crippen LogP contribution < -0.4 is 4.74 Å². The normalized spacial score (nSPS) is 19.4. The lowest BCUT2D eigenvalue weighted by Gasteiger charge is -2.32. The molecular formula is C25H36O4. The van der Waals surface area contributed by atoms with Gasteiger partial charge < -0.3 is 14.6 Å². The van der Waals surface area contributed by atoms with Crippen molar-refractivity contribution in [1.29, 1.82) is 0 Å². The van der Waals surface area contributed by atoms with Crippen LogP contribution in [0.15, 0.2) is 35.9 Å². The van der Waals surface area contributed by atoms with Gasteiger partial charge in [0.05, 0.1) is 5.41 Å². The van der Waals surface area contributed by atoms with Crippen molar-refractivity contribution >= 4 is 5.97 Å². The molecule has 1 aliphatic carbocycles. The lowest BCUT2D eigenvalue weighted by Crippen LogP contribution is -2.25. The summed E-state index contributed by atoms with van der Waals surface area (Å²) in [6, 6.07) is 3.80. The molecule has 4 heteroatoms.